The summed E-state index contributed by atoms with van der Waals surface area (Å²) in [6.07, 6.45) is 15.8. The Morgan fingerprint density at radius 1 is 0.723 bits per heavy atom. The van der Waals surface area contributed by atoms with Crippen molar-refractivity contribution in [3.8, 4) is 0 Å². The highest BCUT2D eigenvalue weighted by molar-refractivity contribution is 6.04. The van der Waals surface area contributed by atoms with Crippen LogP contribution in [-0.4, -0.2) is 41.7 Å². The number of carbonyl (C=O) groups excluding carboxylic acids is 1. The molecule has 1 aliphatic rings. The number of nitrogens with one attached hydrogen (secondary N) is 1. The summed E-state index contributed by atoms with van der Waals surface area (Å²) in [7, 11) is 0. The fraction of sp³-hybridized carbons (Fsp3) is 0.537. The Kier molecular flexibility index (Phi) is 16.5. The minimum atomic E-state index is -0.514. The highest BCUT2D eigenvalue weighted by Gasteiger charge is 2.33. The molecule has 0 spiro atoms. The molecule has 0 saturated carbocycles. The molecular formula is C41H58N2O4. The van der Waals surface area contributed by atoms with Crippen LogP contribution in [0.4, 0.5) is 5.69 Å². The predicted molar refractivity (Wildman–Crippen MR) is 192 cm³/mol. The molecule has 2 N–H and O–H groups in total. The maximum absolute atomic E-state index is 12.7. The van der Waals surface area contributed by atoms with E-state index in [-0.39, 0.29) is 24.7 Å². The largest absolute Gasteiger partial charge is 0.392 e. The Morgan fingerprint density at radius 3 is 1.89 bits per heavy atom. The van der Waals surface area contributed by atoms with Crippen LogP contribution in [0.25, 0.3) is 0 Å². The van der Waals surface area contributed by atoms with E-state index in [1.54, 1.807) is 0 Å². The van der Waals surface area contributed by atoms with E-state index in [9.17, 15) is 9.90 Å². The molecule has 3 aromatic carbocycles. The highest BCUT2D eigenvalue weighted by Crippen LogP contribution is 2.38. The van der Waals surface area contributed by atoms with Crippen molar-refractivity contribution in [1.82, 2.24) is 4.90 Å². The third kappa shape index (κ3) is 12.8. The number of anilines is 1. The van der Waals surface area contributed by atoms with Gasteiger partial charge in [-0.3, -0.25) is 4.79 Å². The number of ether oxygens (including phenoxy) is 2. The summed E-state index contributed by atoms with van der Waals surface area (Å²) in [6, 6.07) is 25.2. The first-order valence-electron chi connectivity index (χ1n) is 18.3. The first kappa shape index (κ1) is 36.8. The summed E-state index contributed by atoms with van der Waals surface area (Å²) in [4.78, 5) is 15.3. The van der Waals surface area contributed by atoms with E-state index in [0.29, 0.717) is 5.56 Å². The number of carbonyl (C=O) groups is 1. The molecule has 6 nitrogen and oxygen atoms in total. The molecule has 1 fully saturated rings. The molecule has 4 rings (SSSR count). The van der Waals surface area contributed by atoms with Gasteiger partial charge in [0.2, 0.25) is 0 Å². The Labute approximate surface area is 283 Å². The zero-order valence-electron chi connectivity index (χ0n) is 28.9. The molecule has 0 aromatic heterocycles. The summed E-state index contributed by atoms with van der Waals surface area (Å²) in [5.74, 6) is -0.134. The molecule has 1 saturated heterocycles. The van der Waals surface area contributed by atoms with Crippen molar-refractivity contribution in [3.63, 3.8) is 0 Å². The van der Waals surface area contributed by atoms with E-state index in [4.69, 9.17) is 9.47 Å². The van der Waals surface area contributed by atoms with Gasteiger partial charge in [0.1, 0.15) is 0 Å². The monoisotopic (exact) mass is 642 g/mol. The number of amides is 1. The first-order valence-corrected chi connectivity index (χ1v) is 18.3. The summed E-state index contributed by atoms with van der Waals surface area (Å²) in [5.41, 5.74) is 4.29. The molecule has 0 radical (unpaired) electrons. The van der Waals surface area contributed by atoms with Crippen LogP contribution in [0.1, 0.15) is 137 Å². The fourth-order valence-corrected chi connectivity index (χ4v) is 6.36. The number of hydrogen-bond donors (Lipinski definition) is 2. The summed E-state index contributed by atoms with van der Waals surface area (Å²) in [6.45, 7) is 7.68. The van der Waals surface area contributed by atoms with Crippen LogP contribution in [0, 0.1) is 0 Å². The zero-order chi connectivity index (χ0) is 33.1. The Balaban J connectivity index is 1.44. The molecule has 1 heterocycles. The second kappa shape index (κ2) is 21.0. The molecule has 1 amide bonds. The van der Waals surface area contributed by atoms with E-state index < -0.39 is 6.29 Å². The van der Waals surface area contributed by atoms with Gasteiger partial charge in [-0.15, -0.1) is 0 Å². The van der Waals surface area contributed by atoms with Gasteiger partial charge in [-0.2, -0.15) is 0 Å². The van der Waals surface area contributed by atoms with Gasteiger partial charge in [0.15, 0.2) is 6.29 Å². The van der Waals surface area contributed by atoms with Crippen LogP contribution < -0.4 is 5.32 Å². The Bertz CT molecular complexity index is 1250. The van der Waals surface area contributed by atoms with Crippen molar-refractivity contribution in [2.45, 2.75) is 122 Å². The van der Waals surface area contributed by atoms with Gasteiger partial charge < -0.3 is 24.8 Å². The molecule has 1 aliphatic heterocycles. The highest BCUT2D eigenvalue weighted by atomic mass is 16.7. The van der Waals surface area contributed by atoms with Gasteiger partial charge in [0.25, 0.3) is 5.91 Å². The molecule has 3 aromatic rings. The summed E-state index contributed by atoms with van der Waals surface area (Å²) >= 11 is 0. The molecular weight excluding hydrogens is 584 g/mol. The molecule has 0 aliphatic carbocycles. The number of aliphatic hydroxyl groups excluding tert-OH is 1. The van der Waals surface area contributed by atoms with E-state index in [0.717, 1.165) is 48.4 Å². The van der Waals surface area contributed by atoms with E-state index >= 15 is 0 Å². The smallest absolute Gasteiger partial charge is 0.255 e. The van der Waals surface area contributed by atoms with Crippen molar-refractivity contribution in [2.24, 2.45) is 0 Å². The Hall–Kier alpha value is -3.03. The summed E-state index contributed by atoms with van der Waals surface area (Å²) < 4.78 is 13.3. The lowest BCUT2D eigenvalue weighted by atomic mass is 9.99. The molecule has 0 bridgehead atoms. The fourth-order valence-electron chi connectivity index (χ4n) is 6.36. The topological polar surface area (TPSA) is 71.0 Å². The quantitative estimate of drug-likeness (QED) is 0.113. The number of rotatable bonds is 21. The molecule has 6 heteroatoms. The zero-order valence-corrected chi connectivity index (χ0v) is 28.9. The minimum absolute atomic E-state index is 0.0221. The van der Waals surface area contributed by atoms with Gasteiger partial charge in [0, 0.05) is 29.8 Å². The maximum Gasteiger partial charge on any atom is 0.255 e. The normalized spacial score (nSPS) is 18.0. The second-order valence-electron chi connectivity index (χ2n) is 13.1. The number of benzene rings is 3. The number of nitrogens with zero attached hydrogens (tertiary/aromatic N) is 1. The lowest BCUT2D eigenvalue weighted by molar-refractivity contribution is -0.253. The van der Waals surface area contributed by atoms with Crippen LogP contribution in [0.5, 0.6) is 0 Å². The van der Waals surface area contributed by atoms with Gasteiger partial charge >= 0.3 is 0 Å². The SMILES string of the molecule is CCCCCCCCN(CCCCCCCC)CC1CC(c2ccc(CO)cc2)OC(c2ccc(NC(=O)c3ccccc3)cc2)O1. The van der Waals surface area contributed by atoms with Gasteiger partial charge in [-0.25, -0.2) is 0 Å². The van der Waals surface area contributed by atoms with Crippen LogP contribution >= 0.6 is 0 Å². The molecule has 256 valence electrons. The van der Waals surface area contributed by atoms with Crippen molar-refractivity contribution in [2.75, 3.05) is 25.0 Å². The van der Waals surface area contributed by atoms with Crippen LogP contribution in [0.3, 0.4) is 0 Å². The number of hydrogen-bond acceptors (Lipinski definition) is 5. The standard InChI is InChI=1S/C41H58N2O4/c1-3-5-7-9-11-16-28-43(29-17-12-10-8-6-4-2)31-38-30-39(34-22-20-33(32-44)21-23-34)47-41(46-38)36-24-26-37(27-25-36)42-40(45)35-18-14-13-15-19-35/h13-15,18-27,38-39,41,44H,3-12,16-17,28-32H2,1-2H3,(H,42,45). The lowest BCUT2D eigenvalue weighted by Gasteiger charge is -2.38. The van der Waals surface area contributed by atoms with E-state index in [1.807, 2.05) is 66.7 Å². The summed E-state index contributed by atoms with van der Waals surface area (Å²) in [5, 5.41) is 12.6. The van der Waals surface area contributed by atoms with Crippen LogP contribution in [0.2, 0.25) is 0 Å². The number of unbranched alkanes of at least 4 members (excludes halogenated alkanes) is 10. The van der Waals surface area contributed by atoms with Gasteiger partial charge in [-0.1, -0.05) is 133 Å². The van der Waals surface area contributed by atoms with Crippen molar-refractivity contribution >= 4 is 11.6 Å². The van der Waals surface area contributed by atoms with Crippen molar-refractivity contribution < 1.29 is 19.4 Å². The van der Waals surface area contributed by atoms with E-state index in [1.165, 1.54) is 77.0 Å². The molecule has 3 atom stereocenters. The van der Waals surface area contributed by atoms with Crippen molar-refractivity contribution in [1.29, 1.82) is 0 Å². The number of aliphatic hydroxyl groups is 1. The second-order valence-corrected chi connectivity index (χ2v) is 13.1. The van der Waals surface area contributed by atoms with Crippen LogP contribution in [0.15, 0.2) is 78.9 Å². The molecule has 47 heavy (non-hydrogen) atoms. The average Bonchev–Trinajstić information content (AvgIpc) is 3.11. The van der Waals surface area contributed by atoms with E-state index in [2.05, 4.69) is 36.2 Å². The first-order chi connectivity index (χ1) is 23.1. The third-order valence-electron chi connectivity index (χ3n) is 9.21. The Morgan fingerprint density at radius 2 is 1.30 bits per heavy atom. The predicted octanol–water partition coefficient (Wildman–Crippen LogP) is 10.00. The van der Waals surface area contributed by atoms with Crippen molar-refractivity contribution in [3.05, 3.63) is 101 Å². The minimum Gasteiger partial charge on any atom is -0.392 e. The van der Waals surface area contributed by atoms with Crippen LogP contribution in [-0.2, 0) is 16.1 Å². The lowest BCUT2D eigenvalue weighted by Crippen LogP contribution is -2.40. The average molecular weight is 643 g/mol. The third-order valence-corrected chi connectivity index (χ3v) is 9.21. The van der Waals surface area contributed by atoms with Gasteiger partial charge in [-0.05, 0) is 61.3 Å². The maximum atomic E-state index is 12.7. The molecule has 3 unspecified atom stereocenters. The van der Waals surface area contributed by atoms with Gasteiger partial charge in [0.05, 0.1) is 18.8 Å².